The summed E-state index contributed by atoms with van der Waals surface area (Å²) in [7, 11) is 0. The summed E-state index contributed by atoms with van der Waals surface area (Å²) >= 11 is 0. The molecule has 4 aliphatic rings. The lowest BCUT2D eigenvalue weighted by atomic mass is 9.45. The van der Waals surface area contributed by atoms with Crippen LogP contribution in [-0.2, 0) is 14.4 Å². The van der Waals surface area contributed by atoms with Crippen LogP contribution < -0.4 is 0 Å². The summed E-state index contributed by atoms with van der Waals surface area (Å²) in [5, 5.41) is 0. The summed E-state index contributed by atoms with van der Waals surface area (Å²) in [6.07, 6.45) is 6.34. The molecule has 4 saturated carbocycles. The van der Waals surface area contributed by atoms with E-state index >= 15 is 0 Å². The van der Waals surface area contributed by atoms with Gasteiger partial charge in [-0.25, -0.2) is 0 Å². The average Bonchev–Trinajstić information content (AvgIpc) is 2.77. The van der Waals surface area contributed by atoms with Crippen LogP contribution >= 0.6 is 0 Å². The molecule has 0 aliphatic heterocycles. The number of Topliss-reactive ketones (excluding diaryl/α,β-unsaturated/α-hetero) is 3. The van der Waals surface area contributed by atoms with E-state index in [0.717, 1.165) is 25.7 Å². The van der Waals surface area contributed by atoms with Gasteiger partial charge in [0.25, 0.3) is 0 Å². The lowest BCUT2D eigenvalue weighted by molar-refractivity contribution is -0.159. The second kappa shape index (κ2) is 4.52. The van der Waals surface area contributed by atoms with Crippen LogP contribution in [0, 0.1) is 34.5 Å². The Morgan fingerprint density at radius 1 is 0.909 bits per heavy atom. The first-order valence-corrected chi connectivity index (χ1v) is 8.94. The number of fused-ring (bicyclic) bond motifs is 5. The topological polar surface area (TPSA) is 51.2 Å². The SMILES string of the molecule is C[C@]12CCC(=O)C[C@@H]1C(=O)C[C@@H]1[C@H]3CCC(=O)[C@@]3(C)CC[C@@H]12. The van der Waals surface area contributed by atoms with Crippen molar-refractivity contribution in [3.05, 3.63) is 0 Å². The summed E-state index contributed by atoms with van der Waals surface area (Å²) in [4.78, 5) is 37.0. The van der Waals surface area contributed by atoms with E-state index in [1.807, 2.05) is 0 Å². The van der Waals surface area contributed by atoms with Crippen molar-refractivity contribution in [3.63, 3.8) is 0 Å². The first-order chi connectivity index (χ1) is 10.4. The molecular formula is C19H26O3. The zero-order chi connectivity index (χ0) is 15.7. The predicted octanol–water partition coefficient (Wildman–Crippen LogP) is 3.35. The van der Waals surface area contributed by atoms with Crippen LogP contribution in [0.5, 0.6) is 0 Å². The summed E-state index contributed by atoms with van der Waals surface area (Å²) in [6.45, 7) is 4.41. The Kier molecular flexibility index (Phi) is 3.00. The van der Waals surface area contributed by atoms with E-state index < -0.39 is 0 Å². The molecule has 0 radical (unpaired) electrons. The summed E-state index contributed by atoms with van der Waals surface area (Å²) in [6, 6.07) is 0. The first-order valence-electron chi connectivity index (χ1n) is 8.94. The van der Waals surface area contributed by atoms with Crippen molar-refractivity contribution in [1.29, 1.82) is 0 Å². The van der Waals surface area contributed by atoms with Gasteiger partial charge in [-0.2, -0.15) is 0 Å². The number of carbonyl (C=O) groups is 3. The van der Waals surface area contributed by atoms with Crippen LogP contribution in [0.2, 0.25) is 0 Å². The molecule has 4 fully saturated rings. The second-order valence-electron chi connectivity index (χ2n) is 8.77. The molecule has 22 heavy (non-hydrogen) atoms. The van der Waals surface area contributed by atoms with Gasteiger partial charge in [0.15, 0.2) is 0 Å². The number of rotatable bonds is 0. The van der Waals surface area contributed by atoms with E-state index in [2.05, 4.69) is 13.8 Å². The van der Waals surface area contributed by atoms with Crippen LogP contribution in [-0.4, -0.2) is 17.3 Å². The fourth-order valence-corrected chi connectivity index (χ4v) is 6.61. The molecule has 0 N–H and O–H groups in total. The van der Waals surface area contributed by atoms with Crippen LogP contribution in [0.1, 0.15) is 65.2 Å². The van der Waals surface area contributed by atoms with Gasteiger partial charge in [-0.3, -0.25) is 14.4 Å². The van der Waals surface area contributed by atoms with Gasteiger partial charge in [-0.05, 0) is 48.9 Å². The Hall–Kier alpha value is -0.990. The van der Waals surface area contributed by atoms with Crippen LogP contribution in [0.15, 0.2) is 0 Å². The Labute approximate surface area is 132 Å². The largest absolute Gasteiger partial charge is 0.300 e. The molecule has 3 heteroatoms. The highest BCUT2D eigenvalue weighted by Crippen LogP contribution is 2.64. The summed E-state index contributed by atoms with van der Waals surface area (Å²) in [5.41, 5.74) is -0.171. The van der Waals surface area contributed by atoms with E-state index in [1.54, 1.807) is 0 Å². The molecule has 4 aliphatic carbocycles. The normalized spacial score (nSPS) is 51.3. The van der Waals surface area contributed by atoms with Crippen molar-refractivity contribution in [1.82, 2.24) is 0 Å². The van der Waals surface area contributed by atoms with Gasteiger partial charge in [0.05, 0.1) is 0 Å². The maximum atomic E-state index is 12.8. The molecule has 120 valence electrons. The van der Waals surface area contributed by atoms with Gasteiger partial charge in [-0.1, -0.05) is 13.8 Å². The summed E-state index contributed by atoms with van der Waals surface area (Å²) in [5.74, 6) is 2.27. The standard InChI is InChI=1S/C19H26O3/c1-18-7-5-11(20)9-15(18)16(21)10-12-13-3-4-17(22)19(13,2)8-6-14(12)18/h12-15H,3-10H2,1-2H3/t12-,13-,14+,15-,18-,19+/m1/s1. The fraction of sp³-hybridized carbons (Fsp3) is 0.842. The molecule has 0 aromatic heterocycles. The van der Waals surface area contributed by atoms with E-state index in [4.69, 9.17) is 0 Å². The maximum Gasteiger partial charge on any atom is 0.139 e. The molecule has 0 bridgehead atoms. The highest BCUT2D eigenvalue weighted by molar-refractivity contribution is 5.91. The minimum Gasteiger partial charge on any atom is -0.300 e. The molecule has 0 spiro atoms. The molecule has 0 aromatic carbocycles. The number of ketones is 3. The van der Waals surface area contributed by atoms with Gasteiger partial charge in [0.2, 0.25) is 0 Å². The predicted molar refractivity (Wildman–Crippen MR) is 82.1 cm³/mol. The van der Waals surface area contributed by atoms with Gasteiger partial charge in [0, 0.05) is 37.0 Å². The highest BCUT2D eigenvalue weighted by atomic mass is 16.1. The third-order valence-electron chi connectivity index (χ3n) is 7.99. The molecule has 0 amide bonds. The lowest BCUT2D eigenvalue weighted by Gasteiger charge is -2.58. The van der Waals surface area contributed by atoms with Crippen molar-refractivity contribution < 1.29 is 14.4 Å². The lowest BCUT2D eigenvalue weighted by Crippen LogP contribution is -2.56. The molecule has 3 nitrogen and oxygen atoms in total. The Morgan fingerprint density at radius 3 is 2.45 bits per heavy atom. The van der Waals surface area contributed by atoms with Gasteiger partial charge in [0.1, 0.15) is 17.3 Å². The number of hydrogen-bond acceptors (Lipinski definition) is 3. The highest BCUT2D eigenvalue weighted by Gasteiger charge is 2.62. The van der Waals surface area contributed by atoms with E-state index in [-0.39, 0.29) is 22.5 Å². The second-order valence-corrected chi connectivity index (χ2v) is 8.77. The number of hydrogen-bond donors (Lipinski definition) is 0. The van der Waals surface area contributed by atoms with Crippen LogP contribution in [0.25, 0.3) is 0 Å². The summed E-state index contributed by atoms with van der Waals surface area (Å²) < 4.78 is 0. The van der Waals surface area contributed by atoms with Crippen molar-refractivity contribution >= 4 is 17.3 Å². The molecule has 0 aromatic rings. The van der Waals surface area contributed by atoms with Crippen molar-refractivity contribution in [2.75, 3.05) is 0 Å². The maximum absolute atomic E-state index is 12.8. The quantitative estimate of drug-likeness (QED) is 0.689. The third-order valence-corrected chi connectivity index (χ3v) is 7.99. The average molecular weight is 302 g/mol. The monoisotopic (exact) mass is 302 g/mol. The Morgan fingerprint density at radius 2 is 1.68 bits per heavy atom. The fourth-order valence-electron chi connectivity index (χ4n) is 6.61. The molecular weight excluding hydrogens is 276 g/mol. The van der Waals surface area contributed by atoms with Crippen molar-refractivity contribution in [2.24, 2.45) is 34.5 Å². The minimum atomic E-state index is -0.171. The minimum absolute atomic E-state index is 0.000871. The molecule has 0 unspecified atom stereocenters. The molecule has 6 atom stereocenters. The van der Waals surface area contributed by atoms with Crippen molar-refractivity contribution in [2.45, 2.75) is 65.2 Å². The van der Waals surface area contributed by atoms with Crippen LogP contribution in [0.3, 0.4) is 0 Å². The molecule has 4 rings (SSSR count). The van der Waals surface area contributed by atoms with Gasteiger partial charge in [-0.15, -0.1) is 0 Å². The van der Waals surface area contributed by atoms with Crippen LogP contribution in [0.4, 0.5) is 0 Å². The van der Waals surface area contributed by atoms with Crippen molar-refractivity contribution in [3.8, 4) is 0 Å². The third kappa shape index (κ3) is 1.71. The van der Waals surface area contributed by atoms with E-state index in [0.29, 0.717) is 55.0 Å². The zero-order valence-electron chi connectivity index (χ0n) is 13.7. The Bertz CT molecular complexity index is 565. The van der Waals surface area contributed by atoms with Gasteiger partial charge < -0.3 is 0 Å². The molecule has 0 heterocycles. The van der Waals surface area contributed by atoms with E-state index in [1.165, 1.54) is 0 Å². The number of carbonyl (C=O) groups excluding carboxylic acids is 3. The van der Waals surface area contributed by atoms with Gasteiger partial charge >= 0.3 is 0 Å². The molecule has 0 saturated heterocycles. The smallest absolute Gasteiger partial charge is 0.139 e. The first kappa shape index (κ1) is 14.6. The Balaban J connectivity index is 1.71. The van der Waals surface area contributed by atoms with E-state index in [9.17, 15) is 14.4 Å². The zero-order valence-corrected chi connectivity index (χ0v) is 13.7.